The number of hydrogen-bond acceptors (Lipinski definition) is 2. The Hall–Kier alpha value is -2.92. The van der Waals surface area contributed by atoms with Crippen LogP contribution in [0.3, 0.4) is 0 Å². The average Bonchev–Trinajstić information content (AvgIpc) is 2.56. The van der Waals surface area contributed by atoms with Crippen molar-refractivity contribution in [3.8, 4) is 28.3 Å². The lowest BCUT2D eigenvalue weighted by atomic mass is 9.99. The third-order valence-corrected chi connectivity index (χ3v) is 3.18. The summed E-state index contributed by atoms with van der Waals surface area (Å²) in [6, 6.07) is 24.3. The van der Waals surface area contributed by atoms with Crippen LogP contribution in [0.15, 0.2) is 72.9 Å². The highest BCUT2D eigenvalue weighted by atomic mass is 14.7. The molecule has 0 aliphatic carbocycles. The number of aromatic nitrogens is 1. The van der Waals surface area contributed by atoms with E-state index in [0.29, 0.717) is 5.69 Å². The first-order valence-electron chi connectivity index (χ1n) is 6.39. The van der Waals surface area contributed by atoms with Crippen LogP contribution in [0.4, 0.5) is 0 Å². The van der Waals surface area contributed by atoms with E-state index in [4.69, 9.17) is 5.26 Å². The number of nitriles is 1. The predicted octanol–water partition coefficient (Wildman–Crippen LogP) is 4.29. The largest absolute Gasteiger partial charge is 0.246 e. The van der Waals surface area contributed by atoms with Gasteiger partial charge in [0.1, 0.15) is 11.8 Å². The van der Waals surface area contributed by atoms with Crippen LogP contribution in [-0.4, -0.2) is 4.98 Å². The number of rotatable bonds is 2. The Labute approximate surface area is 118 Å². The maximum absolute atomic E-state index is 8.93. The summed E-state index contributed by atoms with van der Waals surface area (Å²) >= 11 is 0. The minimum atomic E-state index is 0.438. The highest BCUT2D eigenvalue weighted by Gasteiger charge is 2.02. The number of benzene rings is 2. The smallest absolute Gasteiger partial charge is 0.141 e. The first-order valence-corrected chi connectivity index (χ1v) is 6.39. The first-order chi connectivity index (χ1) is 9.86. The van der Waals surface area contributed by atoms with Crippen LogP contribution in [0.1, 0.15) is 5.69 Å². The fraction of sp³-hybridized carbons (Fsp3) is 0. The molecule has 0 radical (unpaired) electrons. The van der Waals surface area contributed by atoms with Crippen LogP contribution in [0.5, 0.6) is 0 Å². The van der Waals surface area contributed by atoms with Gasteiger partial charge in [-0.3, -0.25) is 0 Å². The summed E-state index contributed by atoms with van der Waals surface area (Å²) in [7, 11) is 0. The summed E-state index contributed by atoms with van der Waals surface area (Å²) in [4.78, 5) is 4.00. The van der Waals surface area contributed by atoms with Crippen molar-refractivity contribution in [1.29, 1.82) is 5.26 Å². The van der Waals surface area contributed by atoms with E-state index in [1.54, 1.807) is 6.20 Å². The Bertz CT molecular complexity index is 771. The molecule has 0 N–H and O–H groups in total. The quantitative estimate of drug-likeness (QED) is 0.686. The minimum absolute atomic E-state index is 0.438. The number of hydrogen-bond donors (Lipinski definition) is 0. The average molecular weight is 256 g/mol. The molecule has 94 valence electrons. The van der Waals surface area contributed by atoms with E-state index < -0.39 is 0 Å². The molecule has 0 saturated carbocycles. The third kappa shape index (κ3) is 2.43. The van der Waals surface area contributed by atoms with Gasteiger partial charge in [0.05, 0.1) is 0 Å². The van der Waals surface area contributed by atoms with Crippen molar-refractivity contribution in [2.24, 2.45) is 0 Å². The second-order valence-electron chi connectivity index (χ2n) is 4.49. The topological polar surface area (TPSA) is 36.7 Å². The SMILES string of the molecule is N#Cc1cc(-c2cccc(-c3ccccc3)c2)ccn1. The molecule has 3 aromatic rings. The fourth-order valence-electron chi connectivity index (χ4n) is 2.18. The first kappa shape index (κ1) is 12.1. The van der Waals surface area contributed by atoms with Crippen molar-refractivity contribution >= 4 is 0 Å². The highest BCUT2D eigenvalue weighted by Crippen LogP contribution is 2.26. The van der Waals surface area contributed by atoms with Gasteiger partial charge >= 0.3 is 0 Å². The second kappa shape index (κ2) is 5.38. The molecule has 0 aliphatic heterocycles. The maximum Gasteiger partial charge on any atom is 0.141 e. The Morgan fingerprint density at radius 1 is 0.700 bits per heavy atom. The zero-order valence-corrected chi connectivity index (χ0v) is 10.8. The molecule has 1 heterocycles. The summed E-state index contributed by atoms with van der Waals surface area (Å²) in [5.41, 5.74) is 4.88. The van der Waals surface area contributed by atoms with E-state index in [-0.39, 0.29) is 0 Å². The maximum atomic E-state index is 8.93. The third-order valence-electron chi connectivity index (χ3n) is 3.18. The molecule has 0 fully saturated rings. The monoisotopic (exact) mass is 256 g/mol. The second-order valence-corrected chi connectivity index (χ2v) is 4.49. The molecule has 0 unspecified atom stereocenters. The lowest BCUT2D eigenvalue weighted by Crippen LogP contribution is -1.85. The van der Waals surface area contributed by atoms with Crippen LogP contribution in [0.25, 0.3) is 22.3 Å². The Morgan fingerprint density at radius 2 is 1.35 bits per heavy atom. The molecular weight excluding hydrogens is 244 g/mol. The summed E-state index contributed by atoms with van der Waals surface area (Å²) in [6.07, 6.45) is 1.67. The van der Waals surface area contributed by atoms with Crippen molar-refractivity contribution < 1.29 is 0 Å². The van der Waals surface area contributed by atoms with Crippen molar-refractivity contribution in [2.45, 2.75) is 0 Å². The molecule has 0 saturated heterocycles. The van der Waals surface area contributed by atoms with Crippen LogP contribution >= 0.6 is 0 Å². The van der Waals surface area contributed by atoms with Gasteiger partial charge in [-0.15, -0.1) is 0 Å². The zero-order valence-electron chi connectivity index (χ0n) is 10.8. The predicted molar refractivity (Wildman–Crippen MR) is 79.8 cm³/mol. The summed E-state index contributed by atoms with van der Waals surface area (Å²) in [5, 5.41) is 8.93. The van der Waals surface area contributed by atoms with Crippen molar-refractivity contribution in [2.75, 3.05) is 0 Å². The van der Waals surface area contributed by atoms with Crippen LogP contribution in [0.2, 0.25) is 0 Å². The van der Waals surface area contributed by atoms with Gasteiger partial charge in [0.25, 0.3) is 0 Å². The molecule has 2 aromatic carbocycles. The lowest BCUT2D eigenvalue weighted by molar-refractivity contribution is 1.26. The van der Waals surface area contributed by atoms with E-state index in [1.165, 1.54) is 11.1 Å². The standard InChI is InChI=1S/C18H12N2/c19-13-18-12-17(9-10-20-18)16-8-4-7-15(11-16)14-5-2-1-3-6-14/h1-12H. The van der Waals surface area contributed by atoms with Gasteiger partial charge in [-0.1, -0.05) is 48.5 Å². The van der Waals surface area contributed by atoms with E-state index in [1.807, 2.05) is 42.5 Å². The van der Waals surface area contributed by atoms with Crippen LogP contribution < -0.4 is 0 Å². The molecule has 0 aliphatic rings. The van der Waals surface area contributed by atoms with E-state index >= 15 is 0 Å². The minimum Gasteiger partial charge on any atom is -0.246 e. The molecule has 0 atom stereocenters. The van der Waals surface area contributed by atoms with E-state index in [0.717, 1.165) is 11.1 Å². The van der Waals surface area contributed by atoms with Crippen LogP contribution in [-0.2, 0) is 0 Å². The lowest BCUT2D eigenvalue weighted by Gasteiger charge is -2.06. The van der Waals surface area contributed by atoms with Gasteiger partial charge in [0.15, 0.2) is 0 Å². The van der Waals surface area contributed by atoms with Gasteiger partial charge in [0.2, 0.25) is 0 Å². The van der Waals surface area contributed by atoms with E-state index in [2.05, 4.69) is 35.3 Å². The zero-order chi connectivity index (χ0) is 13.8. The van der Waals surface area contributed by atoms with E-state index in [9.17, 15) is 0 Å². The fourth-order valence-corrected chi connectivity index (χ4v) is 2.18. The van der Waals surface area contributed by atoms with Gasteiger partial charge in [-0.2, -0.15) is 5.26 Å². The van der Waals surface area contributed by atoms with Gasteiger partial charge in [-0.05, 0) is 40.5 Å². The Balaban J connectivity index is 2.06. The van der Waals surface area contributed by atoms with Gasteiger partial charge in [-0.25, -0.2) is 4.98 Å². The van der Waals surface area contributed by atoms with Crippen molar-refractivity contribution in [3.05, 3.63) is 78.6 Å². The molecule has 2 heteroatoms. The summed E-state index contributed by atoms with van der Waals surface area (Å²) in [5.74, 6) is 0. The van der Waals surface area contributed by atoms with Crippen molar-refractivity contribution in [3.63, 3.8) is 0 Å². The molecule has 0 amide bonds. The summed E-state index contributed by atoms with van der Waals surface area (Å²) in [6.45, 7) is 0. The number of pyridine rings is 1. The van der Waals surface area contributed by atoms with Gasteiger partial charge < -0.3 is 0 Å². The molecule has 1 aromatic heterocycles. The molecular formula is C18H12N2. The normalized spacial score (nSPS) is 9.95. The van der Waals surface area contributed by atoms with Crippen LogP contribution in [0, 0.1) is 11.3 Å². The number of nitrogens with zero attached hydrogens (tertiary/aromatic N) is 2. The molecule has 2 nitrogen and oxygen atoms in total. The summed E-state index contributed by atoms with van der Waals surface area (Å²) < 4.78 is 0. The molecule has 0 bridgehead atoms. The Morgan fingerprint density at radius 3 is 2.10 bits per heavy atom. The molecule has 20 heavy (non-hydrogen) atoms. The molecule has 0 spiro atoms. The van der Waals surface area contributed by atoms with Crippen molar-refractivity contribution in [1.82, 2.24) is 4.98 Å². The van der Waals surface area contributed by atoms with Gasteiger partial charge in [0, 0.05) is 6.20 Å². The molecule has 3 rings (SSSR count). The highest BCUT2D eigenvalue weighted by molar-refractivity contribution is 5.73. The Kier molecular flexibility index (Phi) is 3.26.